The summed E-state index contributed by atoms with van der Waals surface area (Å²) in [6, 6.07) is 11.3. The van der Waals surface area contributed by atoms with Gasteiger partial charge in [-0.1, -0.05) is 60.4 Å². The van der Waals surface area contributed by atoms with Crippen molar-refractivity contribution in [2.75, 3.05) is 18.6 Å². The summed E-state index contributed by atoms with van der Waals surface area (Å²) in [5, 5.41) is 10.3. The van der Waals surface area contributed by atoms with Crippen LogP contribution in [-0.4, -0.2) is 38.9 Å². The van der Waals surface area contributed by atoms with Crippen molar-refractivity contribution in [3.63, 3.8) is 0 Å². The van der Waals surface area contributed by atoms with Gasteiger partial charge in [-0.2, -0.15) is 11.8 Å². The first-order chi connectivity index (χ1) is 10.3. The van der Waals surface area contributed by atoms with E-state index in [9.17, 15) is 0 Å². The molecule has 0 N–H and O–H groups in total. The molecule has 1 aromatic heterocycles. The summed E-state index contributed by atoms with van der Waals surface area (Å²) in [5.41, 5.74) is 1.41. The number of hydrogen-bond donors (Lipinski definition) is 0. The summed E-state index contributed by atoms with van der Waals surface area (Å²) < 4.78 is 1.06. The Balaban J connectivity index is 1.80. The van der Waals surface area contributed by atoms with E-state index in [1.165, 1.54) is 11.3 Å². The molecule has 2 heterocycles. The third kappa shape index (κ3) is 3.62. The van der Waals surface area contributed by atoms with Crippen LogP contribution in [0.5, 0.6) is 0 Å². The zero-order chi connectivity index (χ0) is 14.7. The molecule has 0 amide bonds. The van der Waals surface area contributed by atoms with Crippen molar-refractivity contribution < 1.29 is 0 Å². The minimum atomic E-state index is 0.464. The lowest BCUT2D eigenvalue weighted by atomic mass is 10.0. The summed E-state index contributed by atoms with van der Waals surface area (Å²) in [5.74, 6) is 1.19. The summed E-state index contributed by atoms with van der Waals surface area (Å²) in [6.45, 7) is 4.35. The Labute approximate surface area is 138 Å². The van der Waals surface area contributed by atoms with Gasteiger partial charge in [-0.05, 0) is 11.8 Å². The molecule has 1 saturated heterocycles. The van der Waals surface area contributed by atoms with E-state index in [2.05, 4.69) is 70.4 Å². The van der Waals surface area contributed by atoms with Crippen molar-refractivity contribution in [3.05, 3.63) is 40.9 Å². The largest absolute Gasteiger partial charge is 0.288 e. The number of rotatable bonds is 4. The van der Waals surface area contributed by atoms with Crippen molar-refractivity contribution in [2.24, 2.45) is 0 Å². The summed E-state index contributed by atoms with van der Waals surface area (Å²) in [6.07, 6.45) is 2.05. The quantitative estimate of drug-likeness (QED) is 0.788. The normalized spacial score (nSPS) is 23.3. The van der Waals surface area contributed by atoms with E-state index in [0.717, 1.165) is 22.4 Å². The van der Waals surface area contributed by atoms with Crippen LogP contribution in [0, 0.1) is 0 Å². The Bertz CT molecular complexity index is 573. The van der Waals surface area contributed by atoms with E-state index >= 15 is 0 Å². The fraction of sp³-hybridized carbons (Fsp3) is 0.467. The van der Waals surface area contributed by atoms with Gasteiger partial charge in [0.05, 0.1) is 6.54 Å². The minimum Gasteiger partial charge on any atom is -0.288 e. The molecular formula is C15H19N3S3. The zero-order valence-corrected chi connectivity index (χ0v) is 14.7. The maximum atomic E-state index is 4.33. The Morgan fingerprint density at radius 2 is 2.10 bits per heavy atom. The van der Waals surface area contributed by atoms with Gasteiger partial charge in [0.15, 0.2) is 4.34 Å². The monoisotopic (exact) mass is 337 g/mol. The van der Waals surface area contributed by atoms with Crippen molar-refractivity contribution >= 4 is 34.9 Å². The number of thioether (sulfide) groups is 2. The van der Waals surface area contributed by atoms with Crippen molar-refractivity contribution in [1.82, 2.24) is 15.1 Å². The molecule has 0 bridgehead atoms. The molecule has 1 aliphatic rings. The predicted molar refractivity (Wildman–Crippen MR) is 93.2 cm³/mol. The molecule has 1 aliphatic heterocycles. The average Bonchev–Trinajstić information content (AvgIpc) is 2.96. The minimum absolute atomic E-state index is 0.464. The van der Waals surface area contributed by atoms with Gasteiger partial charge in [-0.15, -0.1) is 10.2 Å². The fourth-order valence-electron chi connectivity index (χ4n) is 2.75. The SMILES string of the molecule is CSc1nnc(CN2CCS[C@@H](C)[C@H]2c2ccccc2)s1. The van der Waals surface area contributed by atoms with E-state index < -0.39 is 0 Å². The van der Waals surface area contributed by atoms with E-state index in [-0.39, 0.29) is 0 Å². The van der Waals surface area contributed by atoms with Gasteiger partial charge >= 0.3 is 0 Å². The van der Waals surface area contributed by atoms with Crippen molar-refractivity contribution in [1.29, 1.82) is 0 Å². The highest BCUT2D eigenvalue weighted by Crippen LogP contribution is 2.37. The molecule has 0 unspecified atom stereocenters. The first-order valence-electron chi connectivity index (χ1n) is 7.05. The van der Waals surface area contributed by atoms with Crippen molar-refractivity contribution in [2.45, 2.75) is 29.1 Å². The molecule has 1 fully saturated rings. The first kappa shape index (κ1) is 15.3. The molecule has 1 aromatic carbocycles. The lowest BCUT2D eigenvalue weighted by Crippen LogP contribution is -2.39. The number of benzene rings is 1. The lowest BCUT2D eigenvalue weighted by Gasteiger charge is -2.39. The maximum Gasteiger partial charge on any atom is 0.174 e. The predicted octanol–water partition coefficient (Wildman–Crippen LogP) is 3.94. The molecule has 0 spiro atoms. The van der Waals surface area contributed by atoms with Crippen LogP contribution in [0.1, 0.15) is 23.5 Å². The van der Waals surface area contributed by atoms with Gasteiger partial charge in [0, 0.05) is 23.6 Å². The highest BCUT2D eigenvalue weighted by Gasteiger charge is 2.30. The topological polar surface area (TPSA) is 29.0 Å². The molecule has 2 aromatic rings. The molecule has 112 valence electrons. The fourth-order valence-corrected chi connectivity index (χ4v) is 5.31. The molecule has 21 heavy (non-hydrogen) atoms. The Morgan fingerprint density at radius 1 is 1.29 bits per heavy atom. The van der Waals surface area contributed by atoms with Gasteiger partial charge < -0.3 is 0 Å². The Morgan fingerprint density at radius 3 is 2.81 bits per heavy atom. The highest BCUT2D eigenvalue weighted by atomic mass is 32.2. The Hall–Kier alpha value is -0.560. The molecule has 3 nitrogen and oxygen atoms in total. The van der Waals surface area contributed by atoms with Crippen LogP contribution in [0.25, 0.3) is 0 Å². The van der Waals surface area contributed by atoms with Gasteiger partial charge in [0.2, 0.25) is 0 Å². The second-order valence-corrected chi connectivity index (χ2v) is 8.67. The second-order valence-electron chi connectivity index (χ2n) is 5.07. The van der Waals surface area contributed by atoms with E-state index in [1.807, 2.05) is 0 Å². The molecule has 0 saturated carbocycles. The summed E-state index contributed by atoms with van der Waals surface area (Å²) in [7, 11) is 0. The molecule has 0 radical (unpaired) electrons. The molecule has 6 heteroatoms. The van der Waals surface area contributed by atoms with Crippen LogP contribution in [0.2, 0.25) is 0 Å². The second kappa shape index (κ2) is 7.13. The van der Waals surface area contributed by atoms with Crippen molar-refractivity contribution in [3.8, 4) is 0 Å². The highest BCUT2D eigenvalue weighted by molar-refractivity contribution is 8.00. The molecule has 0 aliphatic carbocycles. The van der Waals surface area contributed by atoms with Crippen LogP contribution in [0.4, 0.5) is 0 Å². The van der Waals surface area contributed by atoms with Crippen LogP contribution in [-0.2, 0) is 6.54 Å². The summed E-state index contributed by atoms with van der Waals surface area (Å²) >= 11 is 5.46. The van der Waals surface area contributed by atoms with Gasteiger partial charge in [-0.25, -0.2) is 0 Å². The van der Waals surface area contributed by atoms with E-state index in [1.54, 1.807) is 23.1 Å². The molecule has 2 atom stereocenters. The van der Waals surface area contributed by atoms with Gasteiger partial charge in [-0.3, -0.25) is 4.90 Å². The number of nitrogens with zero attached hydrogens (tertiary/aromatic N) is 3. The van der Waals surface area contributed by atoms with Gasteiger partial charge in [0.25, 0.3) is 0 Å². The average molecular weight is 338 g/mol. The van der Waals surface area contributed by atoms with Crippen LogP contribution in [0.15, 0.2) is 34.7 Å². The number of hydrogen-bond acceptors (Lipinski definition) is 6. The van der Waals surface area contributed by atoms with Gasteiger partial charge in [0.1, 0.15) is 5.01 Å². The molecular weight excluding hydrogens is 318 g/mol. The van der Waals surface area contributed by atoms with E-state index in [0.29, 0.717) is 11.3 Å². The molecule has 3 rings (SSSR count). The number of aromatic nitrogens is 2. The third-order valence-electron chi connectivity index (χ3n) is 3.70. The standard InChI is InChI=1S/C15H19N3S3/c1-11-14(12-6-4-3-5-7-12)18(8-9-20-11)10-13-16-17-15(19-2)21-13/h3-7,11,14H,8-10H2,1-2H3/t11-,14-/m0/s1. The van der Waals surface area contributed by atoms with E-state index in [4.69, 9.17) is 0 Å². The van der Waals surface area contributed by atoms with Crippen LogP contribution >= 0.6 is 34.9 Å². The smallest absolute Gasteiger partial charge is 0.174 e. The zero-order valence-electron chi connectivity index (χ0n) is 12.2. The third-order valence-corrected chi connectivity index (χ3v) is 6.79. The lowest BCUT2D eigenvalue weighted by molar-refractivity contribution is 0.191. The summed E-state index contributed by atoms with van der Waals surface area (Å²) in [4.78, 5) is 2.56. The Kier molecular flexibility index (Phi) is 5.21. The first-order valence-corrected chi connectivity index (χ1v) is 10.1. The maximum absolute atomic E-state index is 4.33. The van der Waals surface area contributed by atoms with Crippen LogP contribution < -0.4 is 0 Å². The van der Waals surface area contributed by atoms with Crippen LogP contribution in [0.3, 0.4) is 0 Å².